The van der Waals surface area contributed by atoms with Gasteiger partial charge in [-0.1, -0.05) is 6.42 Å². The highest BCUT2D eigenvalue weighted by Gasteiger charge is 2.31. The van der Waals surface area contributed by atoms with Gasteiger partial charge in [0, 0.05) is 32.0 Å². The first kappa shape index (κ1) is 19.8. The van der Waals surface area contributed by atoms with Gasteiger partial charge in [0.05, 0.1) is 5.69 Å². The lowest BCUT2D eigenvalue weighted by Gasteiger charge is -2.31. The number of hydrogen-bond acceptors (Lipinski definition) is 5. The zero-order valence-corrected chi connectivity index (χ0v) is 17.7. The molecule has 1 unspecified atom stereocenters. The number of aromatic nitrogens is 6. The van der Waals surface area contributed by atoms with Crippen molar-refractivity contribution >= 4 is 5.91 Å². The van der Waals surface area contributed by atoms with E-state index in [1.165, 1.54) is 18.6 Å². The predicted octanol–water partition coefficient (Wildman–Crippen LogP) is 3.05. The second-order valence-corrected chi connectivity index (χ2v) is 8.40. The van der Waals surface area contributed by atoms with Crippen molar-refractivity contribution in [1.29, 1.82) is 0 Å². The lowest BCUT2D eigenvalue weighted by molar-refractivity contribution is 0.0690. The van der Waals surface area contributed by atoms with Crippen molar-refractivity contribution in [2.24, 2.45) is 0 Å². The zero-order chi connectivity index (χ0) is 21.4. The van der Waals surface area contributed by atoms with Gasteiger partial charge in [0.2, 0.25) is 5.82 Å². The zero-order valence-electron chi connectivity index (χ0n) is 17.7. The van der Waals surface area contributed by atoms with Gasteiger partial charge in [0.1, 0.15) is 23.3 Å². The molecule has 0 aliphatic carbocycles. The second kappa shape index (κ2) is 8.20. The minimum absolute atomic E-state index is 0.169. The normalized spacial score (nSPS) is 19.2. The SMILES string of the molecule is Cc1nc(C(=O)N2CCCC(c3nnc4n3CCCCC4)C2)nn1-c1ccc(F)cc1. The minimum Gasteiger partial charge on any atom is -0.335 e. The number of carbonyl (C=O) groups excluding carboxylic acids is 1. The summed E-state index contributed by atoms with van der Waals surface area (Å²) >= 11 is 0. The Morgan fingerprint density at radius 2 is 1.90 bits per heavy atom. The highest BCUT2D eigenvalue weighted by Crippen LogP contribution is 2.28. The van der Waals surface area contributed by atoms with E-state index in [9.17, 15) is 9.18 Å². The maximum Gasteiger partial charge on any atom is 0.293 e. The van der Waals surface area contributed by atoms with Crippen LogP contribution in [0.25, 0.3) is 5.69 Å². The molecule has 9 heteroatoms. The van der Waals surface area contributed by atoms with E-state index in [0.717, 1.165) is 50.3 Å². The highest BCUT2D eigenvalue weighted by atomic mass is 19.1. The standard InChI is InChI=1S/C22H26FN7O/c1-15-24-20(27-30(15)18-10-8-17(23)9-11-18)22(31)28-12-5-6-16(14-28)21-26-25-19-7-3-2-4-13-29(19)21/h8-11,16H,2-7,12-14H2,1H3. The molecular weight excluding hydrogens is 397 g/mol. The number of benzene rings is 1. The molecule has 3 aromatic rings. The van der Waals surface area contributed by atoms with E-state index in [-0.39, 0.29) is 23.5 Å². The van der Waals surface area contributed by atoms with Gasteiger partial charge in [-0.2, -0.15) is 0 Å². The Labute approximate surface area is 180 Å². The summed E-state index contributed by atoms with van der Waals surface area (Å²) < 4.78 is 17.1. The fourth-order valence-electron chi connectivity index (χ4n) is 4.63. The van der Waals surface area contributed by atoms with Crippen molar-refractivity contribution in [1.82, 2.24) is 34.4 Å². The van der Waals surface area contributed by atoms with Crippen LogP contribution >= 0.6 is 0 Å². The molecule has 0 N–H and O–H groups in total. The van der Waals surface area contributed by atoms with E-state index in [0.29, 0.717) is 24.6 Å². The number of carbonyl (C=O) groups is 1. The van der Waals surface area contributed by atoms with E-state index in [2.05, 4.69) is 24.8 Å². The number of fused-ring (bicyclic) bond motifs is 1. The summed E-state index contributed by atoms with van der Waals surface area (Å²) in [6.45, 7) is 4.03. The number of piperidine rings is 1. The monoisotopic (exact) mass is 423 g/mol. The van der Waals surface area contributed by atoms with Gasteiger partial charge in [-0.05, 0) is 56.9 Å². The summed E-state index contributed by atoms with van der Waals surface area (Å²) in [4.78, 5) is 19.4. The van der Waals surface area contributed by atoms with Crippen LogP contribution in [0.4, 0.5) is 4.39 Å². The molecule has 8 nitrogen and oxygen atoms in total. The van der Waals surface area contributed by atoms with Gasteiger partial charge in [0.25, 0.3) is 5.91 Å². The molecular formula is C22H26FN7O. The molecule has 0 saturated carbocycles. The van der Waals surface area contributed by atoms with Crippen LogP contribution in [-0.4, -0.2) is 53.4 Å². The number of aryl methyl sites for hydroxylation is 2. The van der Waals surface area contributed by atoms with Crippen LogP contribution in [0.3, 0.4) is 0 Å². The number of likely N-dealkylation sites (tertiary alicyclic amines) is 1. The fraction of sp³-hybridized carbons (Fsp3) is 0.500. The molecule has 1 amide bonds. The first-order valence-corrected chi connectivity index (χ1v) is 11.0. The molecule has 1 fully saturated rings. The van der Waals surface area contributed by atoms with E-state index >= 15 is 0 Å². The van der Waals surface area contributed by atoms with Crippen molar-refractivity contribution in [3.8, 4) is 5.69 Å². The quantitative estimate of drug-likeness (QED) is 0.647. The average Bonchev–Trinajstić information content (AvgIpc) is 3.29. The van der Waals surface area contributed by atoms with Crippen molar-refractivity contribution in [3.63, 3.8) is 0 Å². The summed E-state index contributed by atoms with van der Waals surface area (Å²) in [5, 5.41) is 13.3. The van der Waals surface area contributed by atoms with Crippen molar-refractivity contribution in [3.05, 3.63) is 53.4 Å². The number of hydrogen-bond donors (Lipinski definition) is 0. The molecule has 1 saturated heterocycles. The Balaban J connectivity index is 1.35. The van der Waals surface area contributed by atoms with E-state index in [4.69, 9.17) is 0 Å². The van der Waals surface area contributed by atoms with Crippen molar-refractivity contribution < 1.29 is 9.18 Å². The van der Waals surface area contributed by atoms with Crippen LogP contribution in [0.1, 0.15) is 66.1 Å². The van der Waals surface area contributed by atoms with Crippen LogP contribution in [0.2, 0.25) is 0 Å². The van der Waals surface area contributed by atoms with Gasteiger partial charge in [-0.25, -0.2) is 14.1 Å². The lowest BCUT2D eigenvalue weighted by atomic mass is 9.97. The summed E-state index contributed by atoms with van der Waals surface area (Å²) in [7, 11) is 0. The number of nitrogens with zero attached hydrogens (tertiary/aromatic N) is 7. The van der Waals surface area contributed by atoms with Crippen LogP contribution in [0.5, 0.6) is 0 Å². The van der Waals surface area contributed by atoms with Gasteiger partial charge in [0.15, 0.2) is 0 Å². The Hall–Kier alpha value is -3.10. The van der Waals surface area contributed by atoms with Gasteiger partial charge in [-0.15, -0.1) is 15.3 Å². The molecule has 162 valence electrons. The number of halogens is 1. The maximum absolute atomic E-state index is 13.2. The molecule has 2 aromatic heterocycles. The molecule has 1 aromatic carbocycles. The lowest BCUT2D eigenvalue weighted by Crippen LogP contribution is -2.40. The summed E-state index contributed by atoms with van der Waals surface area (Å²) in [5.74, 6) is 2.53. The maximum atomic E-state index is 13.2. The van der Waals surface area contributed by atoms with Crippen molar-refractivity contribution in [2.75, 3.05) is 13.1 Å². The third-order valence-corrected chi connectivity index (χ3v) is 6.24. The van der Waals surface area contributed by atoms with E-state index in [1.807, 2.05) is 4.90 Å². The molecule has 1 atom stereocenters. The van der Waals surface area contributed by atoms with E-state index in [1.54, 1.807) is 23.7 Å². The predicted molar refractivity (Wildman–Crippen MR) is 112 cm³/mol. The van der Waals surface area contributed by atoms with E-state index < -0.39 is 0 Å². The molecule has 31 heavy (non-hydrogen) atoms. The van der Waals surface area contributed by atoms with Crippen LogP contribution in [0.15, 0.2) is 24.3 Å². The minimum atomic E-state index is -0.316. The molecule has 4 heterocycles. The Morgan fingerprint density at radius 1 is 1.06 bits per heavy atom. The van der Waals surface area contributed by atoms with Crippen molar-refractivity contribution in [2.45, 2.75) is 57.9 Å². The summed E-state index contributed by atoms with van der Waals surface area (Å²) in [6, 6.07) is 5.99. The van der Waals surface area contributed by atoms with Crippen LogP contribution in [0, 0.1) is 12.7 Å². The smallest absolute Gasteiger partial charge is 0.293 e. The number of amides is 1. The topological polar surface area (TPSA) is 81.7 Å². The molecule has 0 spiro atoms. The van der Waals surface area contributed by atoms with Gasteiger partial charge in [-0.3, -0.25) is 4.79 Å². The number of rotatable bonds is 3. The Bertz CT molecular complexity index is 1090. The molecule has 0 bridgehead atoms. The molecule has 2 aliphatic heterocycles. The second-order valence-electron chi connectivity index (χ2n) is 8.40. The Morgan fingerprint density at radius 3 is 2.74 bits per heavy atom. The molecule has 5 rings (SSSR count). The van der Waals surface area contributed by atoms with Gasteiger partial charge < -0.3 is 9.47 Å². The molecule has 2 aliphatic rings. The molecule has 0 radical (unpaired) electrons. The van der Waals surface area contributed by atoms with Gasteiger partial charge >= 0.3 is 0 Å². The first-order chi connectivity index (χ1) is 15.1. The summed E-state index contributed by atoms with van der Waals surface area (Å²) in [5.41, 5.74) is 0.674. The Kier molecular flexibility index (Phi) is 5.25. The highest BCUT2D eigenvalue weighted by molar-refractivity contribution is 5.90. The average molecular weight is 423 g/mol. The van der Waals surface area contributed by atoms with Crippen LogP contribution < -0.4 is 0 Å². The third kappa shape index (κ3) is 3.84. The first-order valence-electron chi connectivity index (χ1n) is 11.0. The van der Waals surface area contributed by atoms with Crippen LogP contribution in [-0.2, 0) is 13.0 Å². The fourth-order valence-corrected chi connectivity index (χ4v) is 4.63. The largest absolute Gasteiger partial charge is 0.335 e. The summed E-state index contributed by atoms with van der Waals surface area (Å²) in [6.07, 6.45) is 6.42. The third-order valence-electron chi connectivity index (χ3n) is 6.24.